The number of ether oxygens (including phenoxy) is 4. The predicted molar refractivity (Wildman–Crippen MR) is 129 cm³/mol. The summed E-state index contributed by atoms with van der Waals surface area (Å²) in [5, 5.41) is 0.388. The summed E-state index contributed by atoms with van der Waals surface area (Å²) in [6.07, 6.45) is 0. The average molecular weight is 481 g/mol. The van der Waals surface area contributed by atoms with Gasteiger partial charge in [0.05, 0.1) is 51.5 Å². The summed E-state index contributed by atoms with van der Waals surface area (Å²) in [5.74, 6) is 1.42. The maximum atomic E-state index is 13.8. The van der Waals surface area contributed by atoms with Gasteiger partial charge in [0.15, 0.2) is 5.43 Å². The maximum absolute atomic E-state index is 13.8. The Morgan fingerprint density at radius 2 is 1.63 bits per heavy atom. The van der Waals surface area contributed by atoms with Crippen molar-refractivity contribution < 1.29 is 28.2 Å². The lowest BCUT2D eigenvalue weighted by Gasteiger charge is -2.31. The molecule has 0 aliphatic carbocycles. The zero-order chi connectivity index (χ0) is 24.5. The molecule has 184 valence electrons. The molecule has 0 spiro atoms. The molecule has 1 atom stereocenters. The molecule has 35 heavy (non-hydrogen) atoms. The topological polar surface area (TPSA) is 90.7 Å². The Labute approximate surface area is 202 Å². The number of morpholine rings is 1. The van der Waals surface area contributed by atoms with Crippen molar-refractivity contribution in [3.8, 4) is 17.2 Å². The van der Waals surface area contributed by atoms with Crippen LogP contribution in [-0.2, 0) is 4.74 Å². The van der Waals surface area contributed by atoms with E-state index < -0.39 is 6.04 Å². The van der Waals surface area contributed by atoms with Gasteiger partial charge in [-0.15, -0.1) is 0 Å². The van der Waals surface area contributed by atoms with Gasteiger partial charge in [0, 0.05) is 37.8 Å². The van der Waals surface area contributed by atoms with Crippen LogP contribution in [-0.4, -0.2) is 76.4 Å². The van der Waals surface area contributed by atoms with E-state index in [1.54, 1.807) is 49.5 Å². The van der Waals surface area contributed by atoms with Crippen molar-refractivity contribution in [2.24, 2.45) is 0 Å². The van der Waals surface area contributed by atoms with Gasteiger partial charge in [0.25, 0.3) is 5.91 Å². The number of fused-ring (bicyclic) bond motifs is 2. The van der Waals surface area contributed by atoms with Gasteiger partial charge in [0.2, 0.25) is 5.76 Å². The number of benzene rings is 2. The summed E-state index contributed by atoms with van der Waals surface area (Å²) in [6.45, 7) is 3.97. The Kier molecular flexibility index (Phi) is 6.36. The number of carbonyl (C=O) groups excluding carboxylic acids is 1. The molecule has 0 radical (unpaired) electrons. The number of hydrogen-bond acceptors (Lipinski definition) is 8. The second kappa shape index (κ2) is 9.59. The first-order chi connectivity index (χ1) is 17.0. The largest absolute Gasteiger partial charge is 0.497 e. The summed E-state index contributed by atoms with van der Waals surface area (Å²) in [4.78, 5) is 31.4. The molecule has 0 bridgehead atoms. The lowest BCUT2D eigenvalue weighted by atomic mass is 9.97. The third-order valence-electron chi connectivity index (χ3n) is 6.67. The van der Waals surface area contributed by atoms with Crippen molar-refractivity contribution in [3.05, 3.63) is 63.5 Å². The van der Waals surface area contributed by atoms with Crippen molar-refractivity contribution in [1.82, 2.24) is 9.80 Å². The molecule has 9 heteroatoms. The fraction of sp³-hybridized carbons (Fsp3) is 0.385. The van der Waals surface area contributed by atoms with Crippen LogP contribution in [0.3, 0.4) is 0 Å². The van der Waals surface area contributed by atoms with Gasteiger partial charge < -0.3 is 28.3 Å². The number of hydrogen-bond donors (Lipinski definition) is 0. The summed E-state index contributed by atoms with van der Waals surface area (Å²) in [7, 11) is 4.68. The highest BCUT2D eigenvalue weighted by molar-refractivity contribution is 5.99. The molecule has 0 N–H and O–H groups in total. The molecule has 0 unspecified atom stereocenters. The van der Waals surface area contributed by atoms with Crippen molar-refractivity contribution in [1.29, 1.82) is 0 Å². The van der Waals surface area contributed by atoms with E-state index in [0.717, 1.165) is 13.1 Å². The molecule has 1 saturated heterocycles. The second-order valence-corrected chi connectivity index (χ2v) is 8.50. The van der Waals surface area contributed by atoms with Gasteiger partial charge in [-0.1, -0.05) is 0 Å². The maximum Gasteiger partial charge on any atom is 0.290 e. The Balaban J connectivity index is 1.66. The summed E-state index contributed by atoms with van der Waals surface area (Å²) >= 11 is 0. The predicted octanol–water partition coefficient (Wildman–Crippen LogP) is 2.70. The highest BCUT2D eigenvalue weighted by Gasteiger charge is 2.44. The van der Waals surface area contributed by atoms with Gasteiger partial charge >= 0.3 is 0 Å². The van der Waals surface area contributed by atoms with Gasteiger partial charge in [-0.2, -0.15) is 0 Å². The first-order valence-corrected chi connectivity index (χ1v) is 11.5. The van der Waals surface area contributed by atoms with Crippen LogP contribution in [0.25, 0.3) is 11.0 Å². The molecule has 1 amide bonds. The van der Waals surface area contributed by atoms with Crippen LogP contribution in [0.2, 0.25) is 0 Å². The fourth-order valence-electron chi connectivity index (χ4n) is 4.81. The third-order valence-corrected chi connectivity index (χ3v) is 6.67. The van der Waals surface area contributed by atoms with Crippen LogP contribution < -0.4 is 19.6 Å². The van der Waals surface area contributed by atoms with Gasteiger partial charge in [-0.3, -0.25) is 14.5 Å². The molecule has 2 aromatic carbocycles. The minimum Gasteiger partial charge on any atom is -0.497 e. The number of nitrogens with zero attached hydrogens (tertiary/aromatic N) is 2. The van der Waals surface area contributed by atoms with Gasteiger partial charge in [-0.05, 0) is 30.3 Å². The number of carbonyl (C=O) groups is 1. The summed E-state index contributed by atoms with van der Waals surface area (Å²) in [5.41, 5.74) is 1.04. The first-order valence-electron chi connectivity index (χ1n) is 11.5. The average Bonchev–Trinajstić information content (AvgIpc) is 3.18. The normalized spacial score (nSPS) is 18.1. The van der Waals surface area contributed by atoms with Crippen LogP contribution in [0, 0.1) is 0 Å². The third kappa shape index (κ3) is 4.11. The number of amides is 1. The minimum atomic E-state index is -0.675. The molecule has 9 nitrogen and oxygen atoms in total. The van der Waals surface area contributed by atoms with E-state index in [1.807, 2.05) is 6.07 Å². The Morgan fingerprint density at radius 1 is 0.914 bits per heavy atom. The Hall–Kier alpha value is -3.56. The van der Waals surface area contributed by atoms with Crippen LogP contribution >= 0.6 is 0 Å². The van der Waals surface area contributed by atoms with E-state index in [0.29, 0.717) is 65.6 Å². The first kappa shape index (κ1) is 23.2. The van der Waals surface area contributed by atoms with Crippen LogP contribution in [0.5, 0.6) is 17.2 Å². The fourth-order valence-corrected chi connectivity index (χ4v) is 4.81. The molecule has 0 saturated carbocycles. The van der Waals surface area contributed by atoms with E-state index in [2.05, 4.69) is 4.90 Å². The minimum absolute atomic E-state index is 0.0487. The van der Waals surface area contributed by atoms with Crippen molar-refractivity contribution in [2.75, 3.05) is 60.7 Å². The van der Waals surface area contributed by atoms with E-state index in [-0.39, 0.29) is 17.1 Å². The van der Waals surface area contributed by atoms with Crippen LogP contribution in [0.1, 0.15) is 27.7 Å². The Morgan fingerprint density at radius 3 is 2.34 bits per heavy atom. The summed E-state index contributed by atoms with van der Waals surface area (Å²) in [6, 6.07) is 9.71. The van der Waals surface area contributed by atoms with Crippen molar-refractivity contribution in [2.45, 2.75) is 6.04 Å². The number of rotatable bonds is 7. The molecular formula is C26H28N2O7. The molecular weight excluding hydrogens is 452 g/mol. The van der Waals surface area contributed by atoms with Crippen LogP contribution in [0.15, 0.2) is 45.6 Å². The molecule has 3 aromatic rings. The monoisotopic (exact) mass is 480 g/mol. The van der Waals surface area contributed by atoms with Gasteiger partial charge in [0.1, 0.15) is 22.8 Å². The lowest BCUT2D eigenvalue weighted by molar-refractivity contribution is 0.0314. The van der Waals surface area contributed by atoms with E-state index in [9.17, 15) is 9.59 Å². The Bertz CT molecular complexity index is 1310. The smallest absolute Gasteiger partial charge is 0.290 e. The highest BCUT2D eigenvalue weighted by atomic mass is 16.5. The molecule has 2 aliphatic rings. The quantitative estimate of drug-likeness (QED) is 0.510. The SMILES string of the molecule is COc1ccc(OC)c([C@H]2c3c(oc4cc(OC)ccc4c3=O)C(=O)N2CCN2CCOCC2)c1. The molecule has 1 fully saturated rings. The van der Waals surface area contributed by atoms with E-state index >= 15 is 0 Å². The molecule has 5 rings (SSSR count). The number of methoxy groups -OCH3 is 3. The second-order valence-electron chi connectivity index (χ2n) is 8.50. The zero-order valence-electron chi connectivity index (χ0n) is 20.0. The standard InChI is InChI=1S/C26H28N2O7/c1-31-16-5-7-20(33-3)19(14-16)23-22-24(29)18-6-4-17(32-2)15-21(18)35-25(22)26(30)28(23)9-8-27-10-12-34-13-11-27/h4-7,14-15,23H,8-13H2,1-3H3/t23-/m0/s1. The molecule has 2 aliphatic heterocycles. The lowest BCUT2D eigenvalue weighted by Crippen LogP contribution is -2.42. The van der Waals surface area contributed by atoms with Crippen molar-refractivity contribution >= 4 is 16.9 Å². The molecule has 1 aromatic heterocycles. The van der Waals surface area contributed by atoms with Crippen LogP contribution in [0.4, 0.5) is 0 Å². The molecule has 3 heterocycles. The summed E-state index contributed by atoms with van der Waals surface area (Å²) < 4.78 is 27.9. The highest BCUT2D eigenvalue weighted by Crippen LogP contribution is 2.42. The van der Waals surface area contributed by atoms with E-state index in [4.69, 9.17) is 23.4 Å². The van der Waals surface area contributed by atoms with Gasteiger partial charge in [-0.25, -0.2) is 0 Å². The zero-order valence-corrected chi connectivity index (χ0v) is 20.0. The van der Waals surface area contributed by atoms with E-state index in [1.165, 1.54) is 7.11 Å². The van der Waals surface area contributed by atoms with Crippen molar-refractivity contribution in [3.63, 3.8) is 0 Å².